The smallest absolute Gasteiger partial charge is 0.0935 e. The van der Waals surface area contributed by atoms with Crippen molar-refractivity contribution in [3.63, 3.8) is 0 Å². The minimum atomic E-state index is 0.423. The van der Waals surface area contributed by atoms with E-state index in [1.54, 1.807) is 6.26 Å². The third kappa shape index (κ3) is 3.45. The molecule has 1 unspecified atom stereocenters. The van der Waals surface area contributed by atoms with Crippen molar-refractivity contribution >= 4 is 15.9 Å². The Balaban J connectivity index is 2.03. The van der Waals surface area contributed by atoms with Crippen LogP contribution in [0.1, 0.15) is 11.1 Å². The van der Waals surface area contributed by atoms with Crippen molar-refractivity contribution in [1.82, 2.24) is 5.32 Å². The lowest BCUT2D eigenvalue weighted by molar-refractivity contribution is 0.538. The first-order valence-corrected chi connectivity index (χ1v) is 6.50. The number of halogens is 1. The molecule has 1 heterocycles. The molecule has 0 aliphatic rings. The molecule has 0 radical (unpaired) electrons. The average Bonchev–Trinajstić information content (AvgIpc) is 2.84. The summed E-state index contributed by atoms with van der Waals surface area (Å²) in [6, 6.07) is 10.8. The van der Waals surface area contributed by atoms with Gasteiger partial charge < -0.3 is 9.73 Å². The predicted octanol–water partition coefficient (Wildman–Crippen LogP) is 3.42. The SMILES string of the molecule is CNC(Cc1ccoc1)Cc1ccccc1Br. The van der Waals surface area contributed by atoms with Crippen LogP contribution in [0.5, 0.6) is 0 Å². The maximum atomic E-state index is 5.10. The molecule has 1 aromatic carbocycles. The summed E-state index contributed by atoms with van der Waals surface area (Å²) < 4.78 is 6.27. The largest absolute Gasteiger partial charge is 0.472 e. The molecule has 0 amide bonds. The molecular formula is C14H16BrNO. The highest BCUT2D eigenvalue weighted by Crippen LogP contribution is 2.18. The Bertz CT molecular complexity index is 453. The molecule has 0 spiro atoms. The molecule has 90 valence electrons. The molecule has 3 heteroatoms. The first kappa shape index (κ1) is 12.4. The summed E-state index contributed by atoms with van der Waals surface area (Å²) in [7, 11) is 2.00. The van der Waals surface area contributed by atoms with E-state index in [9.17, 15) is 0 Å². The van der Waals surface area contributed by atoms with Gasteiger partial charge >= 0.3 is 0 Å². The van der Waals surface area contributed by atoms with Crippen LogP contribution in [-0.4, -0.2) is 13.1 Å². The zero-order valence-corrected chi connectivity index (χ0v) is 11.4. The predicted molar refractivity (Wildman–Crippen MR) is 73.1 cm³/mol. The first-order valence-electron chi connectivity index (χ1n) is 5.71. The summed E-state index contributed by atoms with van der Waals surface area (Å²) in [5.74, 6) is 0. The second kappa shape index (κ2) is 6.03. The third-order valence-corrected chi connectivity index (χ3v) is 3.67. The second-order valence-corrected chi connectivity index (χ2v) is 4.97. The van der Waals surface area contributed by atoms with E-state index < -0.39 is 0 Å². The Kier molecular flexibility index (Phi) is 4.40. The third-order valence-electron chi connectivity index (χ3n) is 2.89. The molecule has 0 bridgehead atoms. The number of nitrogens with one attached hydrogen (secondary N) is 1. The fourth-order valence-corrected chi connectivity index (χ4v) is 2.35. The van der Waals surface area contributed by atoms with E-state index >= 15 is 0 Å². The zero-order chi connectivity index (χ0) is 12.1. The Morgan fingerprint density at radius 1 is 1.24 bits per heavy atom. The van der Waals surface area contributed by atoms with Crippen LogP contribution in [0, 0.1) is 0 Å². The van der Waals surface area contributed by atoms with Crippen LogP contribution in [0.2, 0.25) is 0 Å². The highest BCUT2D eigenvalue weighted by molar-refractivity contribution is 9.10. The quantitative estimate of drug-likeness (QED) is 0.914. The van der Waals surface area contributed by atoms with Gasteiger partial charge in [-0.1, -0.05) is 34.1 Å². The highest BCUT2D eigenvalue weighted by Gasteiger charge is 2.10. The molecule has 2 nitrogen and oxygen atoms in total. The van der Waals surface area contributed by atoms with Gasteiger partial charge in [0, 0.05) is 10.5 Å². The monoisotopic (exact) mass is 293 g/mol. The van der Waals surface area contributed by atoms with Crippen molar-refractivity contribution in [2.75, 3.05) is 7.05 Å². The summed E-state index contributed by atoms with van der Waals surface area (Å²) in [5, 5.41) is 3.35. The molecule has 2 aromatic rings. The Labute approximate surface area is 110 Å². The van der Waals surface area contributed by atoms with Crippen molar-refractivity contribution < 1.29 is 4.42 Å². The van der Waals surface area contributed by atoms with Gasteiger partial charge in [0.05, 0.1) is 12.5 Å². The first-order chi connectivity index (χ1) is 8.29. The van der Waals surface area contributed by atoms with Crippen molar-refractivity contribution in [3.05, 3.63) is 58.5 Å². The molecule has 0 saturated carbocycles. The van der Waals surface area contributed by atoms with Gasteiger partial charge in [-0.15, -0.1) is 0 Å². The summed E-state index contributed by atoms with van der Waals surface area (Å²) in [4.78, 5) is 0. The Morgan fingerprint density at radius 3 is 2.71 bits per heavy atom. The second-order valence-electron chi connectivity index (χ2n) is 4.12. The lowest BCUT2D eigenvalue weighted by Crippen LogP contribution is -2.29. The van der Waals surface area contributed by atoms with E-state index in [1.165, 1.54) is 15.6 Å². The van der Waals surface area contributed by atoms with Crippen LogP contribution in [0.15, 0.2) is 51.7 Å². The van der Waals surface area contributed by atoms with E-state index in [1.807, 2.05) is 25.4 Å². The van der Waals surface area contributed by atoms with Crippen LogP contribution in [0.4, 0.5) is 0 Å². The standard InChI is InChI=1S/C14H16BrNO/c1-16-13(8-11-6-7-17-10-11)9-12-4-2-3-5-14(12)15/h2-7,10,13,16H,8-9H2,1H3. The molecule has 0 aliphatic carbocycles. The number of hydrogen-bond acceptors (Lipinski definition) is 2. The van der Waals surface area contributed by atoms with Crippen molar-refractivity contribution in [1.29, 1.82) is 0 Å². The minimum absolute atomic E-state index is 0.423. The highest BCUT2D eigenvalue weighted by atomic mass is 79.9. The van der Waals surface area contributed by atoms with E-state index in [2.05, 4.69) is 39.4 Å². The summed E-state index contributed by atoms with van der Waals surface area (Å²) in [5.41, 5.74) is 2.56. The van der Waals surface area contributed by atoms with Gasteiger partial charge in [-0.3, -0.25) is 0 Å². The van der Waals surface area contributed by atoms with Crippen LogP contribution in [0.25, 0.3) is 0 Å². The van der Waals surface area contributed by atoms with Crippen LogP contribution < -0.4 is 5.32 Å². The Morgan fingerprint density at radius 2 is 2.06 bits per heavy atom. The topological polar surface area (TPSA) is 25.2 Å². The summed E-state index contributed by atoms with van der Waals surface area (Å²) >= 11 is 3.59. The van der Waals surface area contributed by atoms with Gasteiger partial charge in [0.2, 0.25) is 0 Å². The fraction of sp³-hybridized carbons (Fsp3) is 0.286. The fourth-order valence-electron chi connectivity index (χ4n) is 1.90. The summed E-state index contributed by atoms with van der Waals surface area (Å²) in [6.07, 6.45) is 5.52. The average molecular weight is 294 g/mol. The molecule has 1 N–H and O–H groups in total. The number of benzene rings is 1. The molecule has 2 rings (SSSR count). The molecular weight excluding hydrogens is 278 g/mol. The molecule has 0 saturated heterocycles. The molecule has 1 atom stereocenters. The zero-order valence-electron chi connectivity index (χ0n) is 9.82. The molecule has 1 aromatic heterocycles. The Hall–Kier alpha value is -1.06. The van der Waals surface area contributed by atoms with Crippen LogP contribution in [0.3, 0.4) is 0 Å². The van der Waals surface area contributed by atoms with Crippen molar-refractivity contribution in [2.45, 2.75) is 18.9 Å². The molecule has 17 heavy (non-hydrogen) atoms. The normalized spacial score (nSPS) is 12.6. The number of rotatable bonds is 5. The minimum Gasteiger partial charge on any atom is -0.472 e. The number of hydrogen-bond donors (Lipinski definition) is 1. The van der Waals surface area contributed by atoms with E-state index in [0.717, 1.165) is 12.8 Å². The number of furan rings is 1. The molecule has 0 aliphatic heterocycles. The van der Waals surface area contributed by atoms with Crippen molar-refractivity contribution in [3.8, 4) is 0 Å². The molecule has 0 fully saturated rings. The van der Waals surface area contributed by atoms with Crippen LogP contribution >= 0.6 is 15.9 Å². The van der Waals surface area contributed by atoms with Gasteiger partial charge in [0.25, 0.3) is 0 Å². The maximum Gasteiger partial charge on any atom is 0.0935 e. The van der Waals surface area contributed by atoms with Gasteiger partial charge in [0.15, 0.2) is 0 Å². The van der Waals surface area contributed by atoms with E-state index in [-0.39, 0.29) is 0 Å². The maximum absolute atomic E-state index is 5.10. The lowest BCUT2D eigenvalue weighted by atomic mass is 10.0. The lowest BCUT2D eigenvalue weighted by Gasteiger charge is -2.16. The van der Waals surface area contributed by atoms with Crippen LogP contribution in [-0.2, 0) is 12.8 Å². The van der Waals surface area contributed by atoms with E-state index in [0.29, 0.717) is 6.04 Å². The van der Waals surface area contributed by atoms with Crippen molar-refractivity contribution in [2.24, 2.45) is 0 Å². The number of likely N-dealkylation sites (N-methyl/N-ethyl adjacent to an activating group) is 1. The summed E-state index contributed by atoms with van der Waals surface area (Å²) in [6.45, 7) is 0. The van der Waals surface area contributed by atoms with Gasteiger partial charge in [-0.2, -0.15) is 0 Å². The van der Waals surface area contributed by atoms with Gasteiger partial charge in [-0.25, -0.2) is 0 Å². The van der Waals surface area contributed by atoms with Gasteiger partial charge in [0.1, 0.15) is 0 Å². The van der Waals surface area contributed by atoms with E-state index in [4.69, 9.17) is 4.42 Å². The van der Waals surface area contributed by atoms with Gasteiger partial charge in [-0.05, 0) is 43.1 Å².